The van der Waals surface area contributed by atoms with E-state index in [1.54, 1.807) is 16.9 Å². The fourth-order valence-electron chi connectivity index (χ4n) is 1.99. The molecule has 0 radical (unpaired) electrons. The highest BCUT2D eigenvalue weighted by molar-refractivity contribution is 9.10. The van der Waals surface area contributed by atoms with Gasteiger partial charge in [-0.05, 0) is 41.7 Å². The number of halogens is 1. The minimum Gasteiger partial charge on any atom is -0.395 e. The second kappa shape index (κ2) is 4.51. The molecule has 3 N–H and O–H groups in total. The van der Waals surface area contributed by atoms with Gasteiger partial charge in [-0.25, -0.2) is 9.50 Å². The van der Waals surface area contributed by atoms with Crippen molar-refractivity contribution in [1.82, 2.24) is 19.9 Å². The van der Waals surface area contributed by atoms with Crippen LogP contribution in [0.1, 0.15) is 25.0 Å². The van der Waals surface area contributed by atoms with Crippen LogP contribution in [0.3, 0.4) is 0 Å². The Bertz CT molecular complexity index is 690. The molecular weight excluding hydrogens is 306 g/mol. The van der Waals surface area contributed by atoms with Crippen LogP contribution in [0.2, 0.25) is 0 Å². The molecule has 0 bridgehead atoms. The molecule has 0 amide bonds. The molecule has 0 aliphatic heterocycles. The van der Waals surface area contributed by atoms with E-state index in [0.717, 1.165) is 16.6 Å². The number of nitrogen functional groups attached to an aromatic ring is 1. The summed E-state index contributed by atoms with van der Waals surface area (Å²) in [4.78, 5) is 4.26. The summed E-state index contributed by atoms with van der Waals surface area (Å²) in [5.41, 5.74) is 8.15. The van der Waals surface area contributed by atoms with Crippen molar-refractivity contribution >= 4 is 27.3 Å². The minimum atomic E-state index is 0.239. The highest BCUT2D eigenvalue weighted by Gasteiger charge is 2.39. The molecule has 2 heterocycles. The molecule has 2 aromatic heterocycles. The van der Waals surface area contributed by atoms with E-state index in [-0.39, 0.29) is 5.54 Å². The molecule has 19 heavy (non-hydrogen) atoms. The summed E-state index contributed by atoms with van der Waals surface area (Å²) >= 11 is 3.34. The predicted molar refractivity (Wildman–Crippen MR) is 77.6 cm³/mol. The fraction of sp³-hybridized carbons (Fsp3) is 0.385. The molecule has 6 heteroatoms. The Hall–Kier alpha value is -1.58. The molecule has 5 nitrogen and oxygen atoms in total. The molecule has 1 aliphatic rings. The summed E-state index contributed by atoms with van der Waals surface area (Å²) < 4.78 is 2.42. The van der Waals surface area contributed by atoms with Gasteiger partial charge in [0.15, 0.2) is 5.65 Å². The van der Waals surface area contributed by atoms with E-state index >= 15 is 0 Å². The zero-order valence-corrected chi connectivity index (χ0v) is 12.2. The van der Waals surface area contributed by atoms with Crippen molar-refractivity contribution in [2.45, 2.75) is 24.8 Å². The van der Waals surface area contributed by atoms with Gasteiger partial charge >= 0.3 is 0 Å². The number of anilines is 1. The largest absolute Gasteiger partial charge is 0.395 e. The van der Waals surface area contributed by atoms with E-state index in [0.29, 0.717) is 11.3 Å². The van der Waals surface area contributed by atoms with Gasteiger partial charge in [-0.2, -0.15) is 5.10 Å². The number of hydrogen-bond donors (Lipinski definition) is 2. The zero-order chi connectivity index (χ0) is 13.5. The second-order valence-corrected chi connectivity index (χ2v) is 5.65. The van der Waals surface area contributed by atoms with Gasteiger partial charge in [-0.3, -0.25) is 0 Å². The number of nitrogens with zero attached hydrogens (tertiary/aromatic N) is 3. The zero-order valence-electron chi connectivity index (χ0n) is 10.6. The highest BCUT2D eigenvalue weighted by Crippen LogP contribution is 2.37. The molecule has 0 atom stereocenters. The first-order valence-corrected chi connectivity index (χ1v) is 6.90. The van der Waals surface area contributed by atoms with Crippen molar-refractivity contribution in [3.63, 3.8) is 0 Å². The average Bonchev–Trinajstić information content (AvgIpc) is 3.08. The molecule has 0 unspecified atom stereocenters. The Morgan fingerprint density at radius 1 is 1.53 bits per heavy atom. The van der Waals surface area contributed by atoms with Gasteiger partial charge in [0.1, 0.15) is 5.69 Å². The number of nitrogens with two attached hydrogens (primary N) is 1. The van der Waals surface area contributed by atoms with Crippen LogP contribution in [0.15, 0.2) is 16.9 Å². The topological polar surface area (TPSA) is 68.2 Å². The Kier molecular flexibility index (Phi) is 2.96. The molecule has 1 fully saturated rings. The summed E-state index contributed by atoms with van der Waals surface area (Å²) in [6.45, 7) is 0. The molecule has 0 aromatic carbocycles. The van der Waals surface area contributed by atoms with Crippen LogP contribution in [0.4, 0.5) is 5.69 Å². The lowest BCUT2D eigenvalue weighted by molar-refractivity contribution is 0.567. The summed E-state index contributed by atoms with van der Waals surface area (Å²) in [6.07, 6.45) is 6.61. The van der Waals surface area contributed by atoms with Gasteiger partial charge in [0.2, 0.25) is 0 Å². The number of imidazole rings is 1. The van der Waals surface area contributed by atoms with Crippen molar-refractivity contribution in [1.29, 1.82) is 0 Å². The first-order chi connectivity index (χ1) is 9.15. The van der Waals surface area contributed by atoms with Crippen molar-refractivity contribution in [2.24, 2.45) is 0 Å². The van der Waals surface area contributed by atoms with Crippen molar-refractivity contribution in [3.05, 3.63) is 22.6 Å². The first kappa shape index (κ1) is 12.5. The van der Waals surface area contributed by atoms with E-state index in [9.17, 15) is 0 Å². The molecule has 0 saturated heterocycles. The van der Waals surface area contributed by atoms with E-state index < -0.39 is 0 Å². The van der Waals surface area contributed by atoms with Gasteiger partial charge in [0.05, 0.1) is 22.6 Å². The normalized spacial score (nSPS) is 16.1. The monoisotopic (exact) mass is 319 g/mol. The number of hydrogen-bond acceptors (Lipinski definition) is 4. The third kappa shape index (κ3) is 2.20. The van der Waals surface area contributed by atoms with Gasteiger partial charge in [0.25, 0.3) is 0 Å². The molecule has 1 saturated carbocycles. The smallest absolute Gasteiger partial charge is 0.179 e. The Balaban J connectivity index is 1.90. The Morgan fingerprint density at radius 3 is 3.00 bits per heavy atom. The summed E-state index contributed by atoms with van der Waals surface area (Å²) in [6, 6.07) is 0. The van der Waals surface area contributed by atoms with Crippen LogP contribution >= 0.6 is 15.9 Å². The lowest BCUT2D eigenvalue weighted by Gasteiger charge is -2.07. The molecule has 2 aromatic rings. The van der Waals surface area contributed by atoms with Crippen LogP contribution < -0.4 is 11.1 Å². The van der Waals surface area contributed by atoms with Gasteiger partial charge < -0.3 is 11.1 Å². The molecule has 0 spiro atoms. The van der Waals surface area contributed by atoms with E-state index in [1.165, 1.54) is 12.8 Å². The Labute approximate surface area is 119 Å². The predicted octanol–water partition coefficient (Wildman–Crippen LogP) is 1.57. The Morgan fingerprint density at radius 2 is 2.32 bits per heavy atom. The van der Waals surface area contributed by atoms with Crippen LogP contribution in [0.5, 0.6) is 0 Å². The molecule has 1 aliphatic carbocycles. The SMILES string of the molecule is CNC1(CC#Cc2cnc3c(N)c(Br)cnn23)CC1. The standard InChI is InChI=1S/C13H14BrN5/c1-16-13(5-6-13)4-2-3-9-7-17-12-11(15)10(14)8-18-19(9)12/h7-8,16H,4-6,15H2,1H3. The number of nitrogens with one attached hydrogen (secondary N) is 1. The van der Waals surface area contributed by atoms with Gasteiger partial charge in [-0.15, -0.1) is 0 Å². The maximum atomic E-state index is 5.93. The van der Waals surface area contributed by atoms with Gasteiger partial charge in [0, 0.05) is 12.0 Å². The highest BCUT2D eigenvalue weighted by atomic mass is 79.9. The lowest BCUT2D eigenvalue weighted by Crippen LogP contribution is -2.26. The fourth-order valence-corrected chi connectivity index (χ4v) is 2.26. The van der Waals surface area contributed by atoms with E-state index in [4.69, 9.17) is 5.73 Å². The van der Waals surface area contributed by atoms with Crippen LogP contribution in [-0.4, -0.2) is 27.2 Å². The van der Waals surface area contributed by atoms with Crippen molar-refractivity contribution in [3.8, 4) is 11.8 Å². The second-order valence-electron chi connectivity index (χ2n) is 4.79. The number of aromatic nitrogens is 3. The summed E-state index contributed by atoms with van der Waals surface area (Å²) in [7, 11) is 1.99. The van der Waals surface area contributed by atoms with Crippen LogP contribution in [-0.2, 0) is 0 Å². The van der Waals surface area contributed by atoms with Crippen LogP contribution in [0, 0.1) is 11.8 Å². The average molecular weight is 320 g/mol. The maximum Gasteiger partial charge on any atom is 0.179 e. The minimum absolute atomic E-state index is 0.239. The molecular formula is C13H14BrN5. The third-order valence-electron chi connectivity index (χ3n) is 3.55. The van der Waals surface area contributed by atoms with Crippen LogP contribution in [0.25, 0.3) is 5.65 Å². The van der Waals surface area contributed by atoms with E-state index in [1.807, 2.05) is 7.05 Å². The van der Waals surface area contributed by atoms with Crippen molar-refractivity contribution in [2.75, 3.05) is 12.8 Å². The molecule has 3 rings (SSSR count). The van der Waals surface area contributed by atoms with Crippen molar-refractivity contribution < 1.29 is 0 Å². The van der Waals surface area contributed by atoms with E-state index in [2.05, 4.69) is 43.2 Å². The summed E-state index contributed by atoms with van der Waals surface area (Å²) in [5, 5.41) is 7.58. The number of rotatable bonds is 2. The summed E-state index contributed by atoms with van der Waals surface area (Å²) in [5.74, 6) is 6.32. The quantitative estimate of drug-likeness (QED) is 0.824. The van der Waals surface area contributed by atoms with Gasteiger partial charge in [-0.1, -0.05) is 5.92 Å². The lowest BCUT2D eigenvalue weighted by atomic mass is 10.2. The number of fused-ring (bicyclic) bond motifs is 1. The maximum absolute atomic E-state index is 5.93. The molecule has 98 valence electrons. The first-order valence-electron chi connectivity index (χ1n) is 6.11. The third-order valence-corrected chi connectivity index (χ3v) is 4.18.